The van der Waals surface area contributed by atoms with Crippen molar-refractivity contribution in [3.8, 4) is 0 Å². The Kier molecular flexibility index (Phi) is 6.87. The molecular formula is C17H42N3O3+3. The molecule has 0 saturated carbocycles. The molecule has 0 rings (SSSR count). The van der Waals surface area contributed by atoms with Crippen LogP contribution in [0.1, 0.15) is 47.5 Å². The molecule has 0 radical (unpaired) electrons. The zero-order valence-electron chi connectivity index (χ0n) is 17.6. The lowest BCUT2D eigenvalue weighted by atomic mass is 9.94. The summed E-state index contributed by atoms with van der Waals surface area (Å²) >= 11 is 0. The highest BCUT2D eigenvalue weighted by Crippen LogP contribution is 2.38. The number of hydroxylamine groups is 7. The van der Waals surface area contributed by atoms with Crippen LogP contribution in [0, 0.1) is 5.92 Å². The van der Waals surface area contributed by atoms with Crippen molar-refractivity contribution in [2.75, 3.05) is 49.3 Å². The highest BCUT2D eigenvalue weighted by atomic mass is 17.0. The molecule has 0 saturated heterocycles. The second kappa shape index (κ2) is 6.94. The predicted octanol–water partition coefficient (Wildman–Crippen LogP) is 2.99. The molecule has 0 aromatic rings. The van der Waals surface area contributed by atoms with E-state index in [4.69, 9.17) is 9.68 Å². The first-order chi connectivity index (χ1) is 9.90. The molecule has 6 nitrogen and oxygen atoms in total. The van der Waals surface area contributed by atoms with Crippen LogP contribution in [-0.4, -0.2) is 79.9 Å². The van der Waals surface area contributed by atoms with Crippen LogP contribution in [0.3, 0.4) is 0 Å². The number of hydrogen-bond acceptors (Lipinski definition) is 3. The average Bonchev–Trinajstić information content (AvgIpc) is 2.23. The Hall–Kier alpha value is -0.240. The third kappa shape index (κ3) is 5.66. The fourth-order valence-electron chi connectivity index (χ4n) is 2.48. The largest absolute Gasteiger partial charge is 0.312 e. The lowest BCUT2D eigenvalue weighted by Gasteiger charge is -2.48. The van der Waals surface area contributed by atoms with Crippen LogP contribution in [0.5, 0.6) is 0 Å². The molecule has 0 aromatic heterocycles. The molecule has 0 aliphatic heterocycles. The van der Waals surface area contributed by atoms with E-state index in [1.807, 2.05) is 63.1 Å². The molecule has 23 heavy (non-hydrogen) atoms. The van der Waals surface area contributed by atoms with Gasteiger partial charge in [-0.15, -0.1) is 4.84 Å². The third-order valence-electron chi connectivity index (χ3n) is 4.94. The van der Waals surface area contributed by atoms with Crippen LogP contribution in [0.2, 0.25) is 0 Å². The molecule has 0 amide bonds. The maximum Gasteiger partial charge on any atom is 0.312 e. The summed E-state index contributed by atoms with van der Waals surface area (Å²) in [6, 6.07) is 0. The highest BCUT2D eigenvalue weighted by Gasteiger charge is 2.60. The number of rotatable bonds is 9. The topological polar surface area (TPSA) is 38.7 Å². The Balaban J connectivity index is 5.77. The van der Waals surface area contributed by atoms with Gasteiger partial charge in [0, 0.05) is 26.7 Å². The van der Waals surface area contributed by atoms with E-state index in [1.165, 1.54) is 0 Å². The van der Waals surface area contributed by atoms with Gasteiger partial charge in [-0.05, 0) is 11.2 Å². The van der Waals surface area contributed by atoms with E-state index in [1.54, 1.807) is 7.05 Å². The van der Waals surface area contributed by atoms with Crippen molar-refractivity contribution >= 4 is 0 Å². The Bertz CT molecular complexity index is 384. The molecule has 3 atom stereocenters. The van der Waals surface area contributed by atoms with Crippen LogP contribution in [0.4, 0.5) is 0 Å². The van der Waals surface area contributed by atoms with Gasteiger partial charge in [0.05, 0.1) is 42.3 Å². The lowest BCUT2D eigenvalue weighted by molar-refractivity contribution is -1.33. The van der Waals surface area contributed by atoms with Crippen molar-refractivity contribution in [2.45, 2.75) is 58.9 Å². The van der Waals surface area contributed by atoms with Crippen molar-refractivity contribution in [2.24, 2.45) is 5.92 Å². The SMILES string of the molecule is CCCC(C)C(C)(O[N+](C)(C)C)[N+](C)(O)OC(C)(C)[N+](C)(C)C. The maximum atomic E-state index is 11.3. The molecule has 0 bridgehead atoms. The first-order valence-corrected chi connectivity index (χ1v) is 8.53. The molecule has 3 unspecified atom stereocenters. The minimum Gasteiger partial charge on any atom is -0.300 e. The molecule has 0 fully saturated rings. The summed E-state index contributed by atoms with van der Waals surface area (Å²) in [6.45, 7) is 10.1. The molecule has 0 aliphatic rings. The van der Waals surface area contributed by atoms with Gasteiger partial charge in [0.2, 0.25) is 0 Å². The fraction of sp³-hybridized carbons (Fsp3) is 1.00. The van der Waals surface area contributed by atoms with Crippen LogP contribution in [0.15, 0.2) is 0 Å². The van der Waals surface area contributed by atoms with Gasteiger partial charge in [-0.25, -0.2) is 0 Å². The van der Waals surface area contributed by atoms with Gasteiger partial charge in [0.1, 0.15) is 7.05 Å². The van der Waals surface area contributed by atoms with Crippen LogP contribution in [-0.2, 0) is 9.68 Å². The van der Waals surface area contributed by atoms with Crippen molar-refractivity contribution in [3.05, 3.63) is 0 Å². The van der Waals surface area contributed by atoms with E-state index in [0.29, 0.717) is 4.48 Å². The zero-order chi connectivity index (χ0) is 18.9. The molecule has 1 N–H and O–H groups in total. The molecule has 0 aliphatic carbocycles. The number of quaternary nitrogens is 3. The number of hydrogen-bond donors (Lipinski definition) is 1. The highest BCUT2D eigenvalue weighted by molar-refractivity contribution is 4.69. The predicted molar refractivity (Wildman–Crippen MR) is 92.8 cm³/mol. The van der Waals surface area contributed by atoms with E-state index in [0.717, 1.165) is 12.8 Å². The molecular weight excluding hydrogens is 294 g/mol. The monoisotopic (exact) mass is 336 g/mol. The Morgan fingerprint density at radius 3 is 1.65 bits per heavy atom. The quantitative estimate of drug-likeness (QED) is 0.400. The Morgan fingerprint density at radius 2 is 1.35 bits per heavy atom. The van der Waals surface area contributed by atoms with E-state index in [9.17, 15) is 5.21 Å². The summed E-state index contributed by atoms with van der Waals surface area (Å²) in [4.78, 5) is 11.8. The average molecular weight is 337 g/mol. The minimum atomic E-state index is -0.902. The first kappa shape index (κ1) is 22.8. The van der Waals surface area contributed by atoms with E-state index < -0.39 is 16.3 Å². The minimum absolute atomic E-state index is 0.114. The van der Waals surface area contributed by atoms with Crippen LogP contribution in [0.25, 0.3) is 0 Å². The molecule has 0 aromatic carbocycles. The van der Waals surface area contributed by atoms with E-state index >= 15 is 0 Å². The van der Waals surface area contributed by atoms with Crippen molar-refractivity contribution in [1.82, 2.24) is 0 Å². The summed E-state index contributed by atoms with van der Waals surface area (Å²) in [5, 5.41) is 11.3. The van der Waals surface area contributed by atoms with Crippen molar-refractivity contribution in [1.29, 1.82) is 0 Å². The second-order valence-corrected chi connectivity index (χ2v) is 9.15. The van der Waals surface area contributed by atoms with E-state index in [-0.39, 0.29) is 10.6 Å². The van der Waals surface area contributed by atoms with Crippen molar-refractivity contribution in [3.63, 3.8) is 0 Å². The molecule has 0 spiro atoms. The summed E-state index contributed by atoms with van der Waals surface area (Å²) < 4.78 is 0.844. The smallest absolute Gasteiger partial charge is 0.300 e. The maximum absolute atomic E-state index is 11.3. The lowest BCUT2D eigenvalue weighted by Crippen LogP contribution is -2.71. The Morgan fingerprint density at radius 1 is 0.913 bits per heavy atom. The fourth-order valence-corrected chi connectivity index (χ4v) is 2.48. The summed E-state index contributed by atoms with van der Waals surface area (Å²) in [7, 11) is 13.7. The third-order valence-corrected chi connectivity index (χ3v) is 4.94. The van der Waals surface area contributed by atoms with Gasteiger partial charge in [-0.3, -0.25) is 4.48 Å². The normalized spacial score (nSPS) is 20.7. The van der Waals surface area contributed by atoms with Gasteiger partial charge in [-0.1, -0.05) is 25.1 Å². The van der Waals surface area contributed by atoms with E-state index in [2.05, 4.69) is 13.8 Å². The first-order valence-electron chi connectivity index (χ1n) is 8.53. The summed E-state index contributed by atoms with van der Waals surface area (Å²) in [5.41, 5.74) is -1.49. The van der Waals surface area contributed by atoms with Gasteiger partial charge in [0.25, 0.3) is 5.72 Å². The van der Waals surface area contributed by atoms with Gasteiger partial charge in [-0.2, -0.15) is 9.85 Å². The van der Waals surface area contributed by atoms with Crippen LogP contribution < -0.4 is 0 Å². The molecule has 0 heterocycles. The zero-order valence-corrected chi connectivity index (χ0v) is 17.6. The van der Waals surface area contributed by atoms with Crippen molar-refractivity contribution < 1.29 is 28.8 Å². The molecule has 6 heteroatoms. The number of nitrogens with zero attached hydrogens (tertiary/aromatic N) is 3. The van der Waals surface area contributed by atoms with Gasteiger partial charge >= 0.3 is 5.72 Å². The standard InChI is InChI=1S/C17H42N3O3/c1-13-14-15(2)17(5,23-19(9,10)11)20(12,21)22-16(3,4)18(6,7)8/h15,21H,13-14H2,1-12H3/q+3. The summed E-state index contributed by atoms with van der Waals surface area (Å²) in [6.07, 6.45) is 1.97. The second-order valence-electron chi connectivity index (χ2n) is 9.15. The van der Waals surface area contributed by atoms with Gasteiger partial charge < -0.3 is 0 Å². The Labute approximate surface area is 143 Å². The molecule has 140 valence electrons. The summed E-state index contributed by atoms with van der Waals surface area (Å²) in [5.74, 6) is 0.114. The van der Waals surface area contributed by atoms with Gasteiger partial charge in [0.15, 0.2) is 0 Å². The van der Waals surface area contributed by atoms with Crippen LogP contribution >= 0.6 is 0 Å².